The molecule has 0 saturated carbocycles. The summed E-state index contributed by atoms with van der Waals surface area (Å²) in [6, 6.07) is 0. The van der Waals surface area contributed by atoms with E-state index in [0.29, 0.717) is 6.54 Å². The van der Waals surface area contributed by atoms with E-state index in [1.165, 1.54) is 6.08 Å². The average Bonchev–Trinajstić information content (AvgIpc) is 1.83. The van der Waals surface area contributed by atoms with Crippen molar-refractivity contribution < 1.29 is 4.79 Å². The van der Waals surface area contributed by atoms with E-state index in [-0.39, 0.29) is 12.1 Å². The zero-order valence-electron chi connectivity index (χ0n) is 5.39. The first kappa shape index (κ1) is 10.8. The third kappa shape index (κ3) is 6.91. The molecule has 3 nitrogen and oxygen atoms in total. The van der Waals surface area contributed by atoms with Gasteiger partial charge in [0.1, 0.15) is 0 Å². The zero-order chi connectivity index (χ0) is 6.41. The van der Waals surface area contributed by atoms with Gasteiger partial charge in [-0.25, -0.2) is 0 Å². The molecule has 0 aromatic heterocycles. The van der Waals surface area contributed by atoms with Crippen LogP contribution in [0.5, 0.6) is 0 Å². The number of carbonyl (C=O) groups excluding carboxylic acids is 1. The van der Waals surface area contributed by atoms with Crippen molar-refractivity contribution in [2.24, 2.45) is 0 Å². The summed E-state index contributed by atoms with van der Waals surface area (Å²) < 4.78 is 0. The van der Waals surface area contributed by atoms with Crippen LogP contribution in [0.1, 0.15) is 0 Å². The number of amides is 1. The molecule has 0 spiro atoms. The summed E-state index contributed by atoms with van der Waals surface area (Å²) in [5.41, 5.74) is 0. The summed E-state index contributed by atoms with van der Waals surface area (Å²) in [6.07, 6.45) is 2.84. The second-order valence-corrected chi connectivity index (χ2v) is 1.24. The molecule has 0 fully saturated rings. The van der Waals surface area contributed by atoms with Gasteiger partial charge in [0, 0.05) is 6.54 Å². The van der Waals surface area contributed by atoms with Gasteiger partial charge < -0.3 is 11.5 Å². The fourth-order valence-corrected chi connectivity index (χ4v) is 0.245. The molecule has 0 unspecified atom stereocenters. The van der Waals surface area contributed by atoms with Gasteiger partial charge in [0.25, 0.3) is 0 Å². The fraction of sp³-hybridized carbons (Fsp3) is 0.167. The summed E-state index contributed by atoms with van der Waals surface area (Å²) in [5.74, 6) is -0.162. The topological polar surface area (TPSA) is 64.1 Å². The van der Waals surface area contributed by atoms with Crippen LogP contribution in [-0.2, 0) is 4.79 Å². The van der Waals surface area contributed by atoms with Crippen molar-refractivity contribution in [2.45, 2.75) is 0 Å². The Hall–Kier alpha value is -1.09. The predicted molar refractivity (Wildman–Crippen MR) is 38.4 cm³/mol. The van der Waals surface area contributed by atoms with E-state index >= 15 is 0 Å². The van der Waals surface area contributed by atoms with E-state index < -0.39 is 0 Å². The molecule has 0 saturated heterocycles. The molecule has 0 aliphatic carbocycles. The van der Waals surface area contributed by atoms with Gasteiger partial charge in [-0.05, 0) is 6.08 Å². The first-order chi connectivity index (χ1) is 3.81. The number of carbonyl (C=O) groups is 1. The molecule has 3 heteroatoms. The van der Waals surface area contributed by atoms with Gasteiger partial charge in [0.05, 0.1) is 0 Å². The lowest BCUT2D eigenvalue weighted by Crippen LogP contribution is -2.19. The lowest BCUT2D eigenvalue weighted by atomic mass is 10.5. The maximum Gasteiger partial charge on any atom is 0.243 e. The summed E-state index contributed by atoms with van der Waals surface area (Å²) in [6.45, 7) is 7.19. The van der Waals surface area contributed by atoms with Crippen LogP contribution in [0.15, 0.2) is 25.3 Å². The van der Waals surface area contributed by atoms with Gasteiger partial charge in [-0.1, -0.05) is 12.7 Å². The van der Waals surface area contributed by atoms with Crippen molar-refractivity contribution in [3.05, 3.63) is 25.3 Å². The Bertz CT molecular complexity index is 110. The van der Waals surface area contributed by atoms with Crippen LogP contribution in [0.2, 0.25) is 0 Å². The third-order valence-corrected chi connectivity index (χ3v) is 0.606. The molecule has 9 heavy (non-hydrogen) atoms. The van der Waals surface area contributed by atoms with E-state index in [2.05, 4.69) is 18.5 Å². The smallest absolute Gasteiger partial charge is 0.243 e. The molecule has 0 aliphatic rings. The maximum absolute atomic E-state index is 10.3. The third-order valence-electron chi connectivity index (χ3n) is 0.606. The lowest BCUT2D eigenvalue weighted by molar-refractivity contribution is -0.116. The summed E-state index contributed by atoms with van der Waals surface area (Å²) in [5, 5.41) is 2.51. The van der Waals surface area contributed by atoms with Crippen LogP contribution >= 0.6 is 0 Å². The van der Waals surface area contributed by atoms with Gasteiger partial charge >= 0.3 is 0 Å². The van der Waals surface area contributed by atoms with E-state index in [1.807, 2.05) is 0 Å². The monoisotopic (exact) mass is 128 g/mol. The number of hydrogen-bond donors (Lipinski definition) is 2. The van der Waals surface area contributed by atoms with Crippen molar-refractivity contribution >= 4 is 5.91 Å². The van der Waals surface area contributed by atoms with Crippen molar-refractivity contribution in [2.75, 3.05) is 6.54 Å². The SMILES string of the molecule is C=CCNC(=O)C=C.N. The predicted octanol–water partition coefficient (Wildman–Crippen LogP) is 0.637. The van der Waals surface area contributed by atoms with Gasteiger partial charge in [-0.3, -0.25) is 4.79 Å². The quantitative estimate of drug-likeness (QED) is 0.432. The highest BCUT2D eigenvalue weighted by molar-refractivity contribution is 5.86. The Balaban J connectivity index is 0. The van der Waals surface area contributed by atoms with Crippen LogP contribution in [0.25, 0.3) is 0 Å². The fourth-order valence-electron chi connectivity index (χ4n) is 0.245. The highest BCUT2D eigenvalue weighted by Crippen LogP contribution is 1.64. The second-order valence-electron chi connectivity index (χ2n) is 1.24. The van der Waals surface area contributed by atoms with Crippen molar-refractivity contribution in [1.29, 1.82) is 0 Å². The molecular formula is C6H12N2O. The number of nitrogens with one attached hydrogen (secondary N) is 1. The summed E-state index contributed by atoms with van der Waals surface area (Å²) in [7, 11) is 0. The molecule has 0 aromatic carbocycles. The molecule has 0 radical (unpaired) electrons. The lowest BCUT2D eigenvalue weighted by Gasteiger charge is -1.91. The molecule has 52 valence electrons. The Morgan fingerprint density at radius 2 is 2.11 bits per heavy atom. The molecule has 0 aromatic rings. The van der Waals surface area contributed by atoms with Crippen molar-refractivity contribution in [3.8, 4) is 0 Å². The van der Waals surface area contributed by atoms with Gasteiger partial charge in [-0.2, -0.15) is 0 Å². The van der Waals surface area contributed by atoms with E-state index in [4.69, 9.17) is 0 Å². The normalized spacial score (nSPS) is 6.67. The first-order valence-electron chi connectivity index (χ1n) is 2.32. The molecule has 0 bridgehead atoms. The molecule has 1 amide bonds. The van der Waals surface area contributed by atoms with Crippen LogP contribution in [0.3, 0.4) is 0 Å². The number of hydrogen-bond acceptors (Lipinski definition) is 2. The summed E-state index contributed by atoms with van der Waals surface area (Å²) in [4.78, 5) is 10.3. The van der Waals surface area contributed by atoms with Crippen LogP contribution < -0.4 is 11.5 Å². The highest BCUT2D eigenvalue weighted by Gasteiger charge is 1.85. The molecular weight excluding hydrogens is 116 g/mol. The second kappa shape index (κ2) is 6.91. The maximum atomic E-state index is 10.3. The highest BCUT2D eigenvalue weighted by atomic mass is 16.1. The van der Waals surface area contributed by atoms with Crippen LogP contribution in [0, 0.1) is 0 Å². The molecule has 0 atom stereocenters. The minimum Gasteiger partial charge on any atom is -0.349 e. The Morgan fingerprint density at radius 1 is 1.56 bits per heavy atom. The van der Waals surface area contributed by atoms with Crippen LogP contribution in [0.4, 0.5) is 0 Å². The van der Waals surface area contributed by atoms with E-state index in [9.17, 15) is 4.79 Å². The standard InChI is InChI=1S/C6H9NO.H3N/c1-3-5-7-6(8)4-2;/h3-4H,1-2,5H2,(H,7,8);1H3. The minimum atomic E-state index is -0.162. The molecule has 0 rings (SSSR count). The minimum absolute atomic E-state index is 0. The van der Waals surface area contributed by atoms with E-state index in [0.717, 1.165) is 0 Å². The average molecular weight is 128 g/mol. The van der Waals surface area contributed by atoms with Crippen LogP contribution in [-0.4, -0.2) is 12.5 Å². The van der Waals surface area contributed by atoms with Gasteiger partial charge in [0.15, 0.2) is 0 Å². The summed E-state index contributed by atoms with van der Waals surface area (Å²) >= 11 is 0. The number of rotatable bonds is 3. The largest absolute Gasteiger partial charge is 0.349 e. The van der Waals surface area contributed by atoms with Crippen molar-refractivity contribution in [3.63, 3.8) is 0 Å². The van der Waals surface area contributed by atoms with Gasteiger partial charge in [0.2, 0.25) is 5.91 Å². The molecule has 4 N–H and O–H groups in total. The Kier molecular flexibility index (Phi) is 8.30. The zero-order valence-corrected chi connectivity index (χ0v) is 5.39. The first-order valence-corrected chi connectivity index (χ1v) is 2.32. The molecule has 0 heterocycles. The van der Waals surface area contributed by atoms with Gasteiger partial charge in [-0.15, -0.1) is 6.58 Å². The Morgan fingerprint density at radius 3 is 2.44 bits per heavy atom. The van der Waals surface area contributed by atoms with Crippen molar-refractivity contribution in [1.82, 2.24) is 11.5 Å². The molecule has 0 aliphatic heterocycles. The Labute approximate surface area is 55.0 Å². The van der Waals surface area contributed by atoms with E-state index in [1.54, 1.807) is 6.08 Å².